The predicted molar refractivity (Wildman–Crippen MR) is 111 cm³/mol. The smallest absolute Gasteiger partial charge is 0.238 e. The molecular weight excluding hydrogens is 398 g/mol. The summed E-state index contributed by atoms with van der Waals surface area (Å²) in [4.78, 5) is 9.09. The highest BCUT2D eigenvalue weighted by Gasteiger charge is 2.16. The quantitative estimate of drug-likeness (QED) is 0.515. The molecule has 0 atom stereocenters. The maximum atomic E-state index is 11.7. The van der Waals surface area contributed by atoms with E-state index in [-0.39, 0.29) is 11.0 Å². The van der Waals surface area contributed by atoms with Gasteiger partial charge in [0.2, 0.25) is 10.0 Å². The number of imidazole rings is 1. The number of thiazole rings is 1. The maximum absolute atomic E-state index is 11.7. The van der Waals surface area contributed by atoms with Gasteiger partial charge >= 0.3 is 0 Å². The van der Waals surface area contributed by atoms with Crippen molar-refractivity contribution in [3.8, 4) is 5.75 Å². The SMILES string of the molecule is CC(C)Oc1ccc(S(N)(=O)=O)cc1Nc1nc2c(ccc3c2ncn3C)s1. The first-order valence-corrected chi connectivity index (χ1v) is 10.9. The number of aromatic nitrogens is 3. The molecule has 0 radical (unpaired) electrons. The van der Waals surface area contributed by atoms with Gasteiger partial charge in [0.15, 0.2) is 5.13 Å². The van der Waals surface area contributed by atoms with Crippen LogP contribution in [0, 0.1) is 0 Å². The zero-order valence-electron chi connectivity index (χ0n) is 15.5. The largest absolute Gasteiger partial charge is 0.489 e. The maximum Gasteiger partial charge on any atom is 0.238 e. The standard InChI is InChI=1S/C18H19N5O3S2/c1-10(2)26-14-6-4-11(28(19,24)25)8-12(14)21-18-22-17-15(27-18)7-5-13-16(17)20-9-23(13)3/h4-10H,1-3H3,(H,21,22)(H2,19,24,25). The van der Waals surface area contributed by atoms with E-state index in [0.29, 0.717) is 16.6 Å². The molecule has 4 rings (SSSR count). The third kappa shape index (κ3) is 3.41. The first kappa shape index (κ1) is 18.7. The highest BCUT2D eigenvalue weighted by Crippen LogP contribution is 2.36. The molecule has 10 heteroatoms. The van der Waals surface area contributed by atoms with Crippen molar-refractivity contribution in [1.82, 2.24) is 14.5 Å². The van der Waals surface area contributed by atoms with Gasteiger partial charge in [-0.25, -0.2) is 23.5 Å². The van der Waals surface area contributed by atoms with Crippen molar-refractivity contribution in [3.05, 3.63) is 36.7 Å². The van der Waals surface area contributed by atoms with Crippen LogP contribution in [0.25, 0.3) is 21.3 Å². The molecule has 2 aromatic heterocycles. The van der Waals surface area contributed by atoms with E-state index in [4.69, 9.17) is 9.88 Å². The van der Waals surface area contributed by atoms with Crippen LogP contribution in [0.5, 0.6) is 5.75 Å². The summed E-state index contributed by atoms with van der Waals surface area (Å²) in [7, 11) is -1.91. The summed E-state index contributed by atoms with van der Waals surface area (Å²) in [5, 5.41) is 9.06. The van der Waals surface area contributed by atoms with E-state index in [9.17, 15) is 8.42 Å². The Morgan fingerprint density at radius 3 is 2.71 bits per heavy atom. The summed E-state index contributed by atoms with van der Waals surface area (Å²) in [6.45, 7) is 3.79. The molecule has 0 aliphatic rings. The van der Waals surface area contributed by atoms with Crippen LogP contribution in [0.2, 0.25) is 0 Å². The first-order valence-electron chi connectivity index (χ1n) is 8.53. The number of aryl methyl sites for hydroxylation is 1. The lowest BCUT2D eigenvalue weighted by Crippen LogP contribution is -2.13. The van der Waals surface area contributed by atoms with Crippen LogP contribution in [-0.4, -0.2) is 29.1 Å². The first-order chi connectivity index (χ1) is 13.2. The van der Waals surface area contributed by atoms with Gasteiger partial charge in [-0.1, -0.05) is 11.3 Å². The molecule has 0 bridgehead atoms. The van der Waals surface area contributed by atoms with Crippen molar-refractivity contribution in [3.63, 3.8) is 0 Å². The van der Waals surface area contributed by atoms with E-state index in [1.807, 2.05) is 37.6 Å². The zero-order chi connectivity index (χ0) is 20.1. The van der Waals surface area contributed by atoms with Gasteiger partial charge in [0, 0.05) is 7.05 Å². The number of nitrogens with two attached hydrogens (primary N) is 1. The fourth-order valence-corrected chi connectivity index (χ4v) is 4.32. The lowest BCUT2D eigenvalue weighted by atomic mass is 10.3. The number of hydrogen-bond acceptors (Lipinski definition) is 7. The van der Waals surface area contributed by atoms with Gasteiger partial charge in [-0.2, -0.15) is 0 Å². The Morgan fingerprint density at radius 2 is 2.00 bits per heavy atom. The normalized spacial score (nSPS) is 12.2. The number of anilines is 2. The number of nitrogens with zero attached hydrogens (tertiary/aromatic N) is 3. The second-order valence-electron chi connectivity index (χ2n) is 6.65. The van der Waals surface area contributed by atoms with Crippen LogP contribution in [0.1, 0.15) is 13.8 Å². The molecule has 0 fully saturated rings. The molecule has 8 nitrogen and oxygen atoms in total. The Balaban J connectivity index is 1.79. The Bertz CT molecular complexity index is 1290. The monoisotopic (exact) mass is 417 g/mol. The molecule has 2 heterocycles. The van der Waals surface area contributed by atoms with E-state index in [1.54, 1.807) is 12.4 Å². The van der Waals surface area contributed by atoms with Crippen LogP contribution in [-0.2, 0) is 17.1 Å². The van der Waals surface area contributed by atoms with Crippen LogP contribution < -0.4 is 15.2 Å². The van der Waals surface area contributed by atoms with E-state index in [2.05, 4.69) is 15.3 Å². The topological polar surface area (TPSA) is 112 Å². The molecule has 146 valence electrons. The predicted octanol–water partition coefficient (Wildman–Crippen LogP) is 3.36. The Hall–Kier alpha value is -2.69. The van der Waals surface area contributed by atoms with Crippen molar-refractivity contribution in [2.75, 3.05) is 5.32 Å². The minimum absolute atomic E-state index is 0.000617. The van der Waals surface area contributed by atoms with Crippen molar-refractivity contribution >= 4 is 53.4 Å². The van der Waals surface area contributed by atoms with Crippen molar-refractivity contribution in [1.29, 1.82) is 0 Å². The summed E-state index contributed by atoms with van der Waals surface area (Å²) < 4.78 is 32.2. The number of fused-ring (bicyclic) bond motifs is 3. The van der Waals surface area contributed by atoms with Gasteiger partial charge in [0.05, 0.1) is 33.2 Å². The number of rotatable bonds is 5. The molecule has 0 saturated carbocycles. The van der Waals surface area contributed by atoms with Crippen molar-refractivity contribution < 1.29 is 13.2 Å². The second kappa shape index (κ2) is 6.73. The molecule has 0 unspecified atom stereocenters. The highest BCUT2D eigenvalue weighted by molar-refractivity contribution is 7.89. The average Bonchev–Trinajstić information content (AvgIpc) is 3.18. The molecule has 0 aliphatic carbocycles. The molecule has 3 N–H and O–H groups in total. The minimum atomic E-state index is -3.84. The second-order valence-corrected chi connectivity index (χ2v) is 9.24. The summed E-state index contributed by atoms with van der Waals surface area (Å²) in [5.74, 6) is 0.518. The molecule has 0 saturated heterocycles. The van der Waals surface area contributed by atoms with Gasteiger partial charge in [-0.3, -0.25) is 0 Å². The summed E-state index contributed by atoms with van der Waals surface area (Å²) in [6.07, 6.45) is 1.67. The molecule has 4 aromatic rings. The fourth-order valence-electron chi connectivity index (χ4n) is 2.90. The van der Waals surface area contributed by atoms with Gasteiger partial charge in [0.25, 0.3) is 0 Å². The van der Waals surface area contributed by atoms with Gasteiger partial charge < -0.3 is 14.6 Å². The summed E-state index contributed by atoms with van der Waals surface area (Å²) in [5.41, 5.74) is 3.08. The molecule has 0 spiro atoms. The number of nitrogens with one attached hydrogen (secondary N) is 1. The number of benzene rings is 2. The third-order valence-corrected chi connectivity index (χ3v) is 5.98. The Labute approximate surface area is 166 Å². The number of hydrogen-bond donors (Lipinski definition) is 2. The average molecular weight is 418 g/mol. The van der Waals surface area contributed by atoms with Crippen LogP contribution >= 0.6 is 11.3 Å². The number of primary sulfonamides is 1. The molecule has 28 heavy (non-hydrogen) atoms. The molecule has 0 amide bonds. The highest BCUT2D eigenvalue weighted by atomic mass is 32.2. The summed E-state index contributed by atoms with van der Waals surface area (Å²) >= 11 is 1.45. The van der Waals surface area contributed by atoms with E-state index in [0.717, 1.165) is 21.3 Å². The lowest BCUT2D eigenvalue weighted by molar-refractivity contribution is 0.243. The van der Waals surface area contributed by atoms with Crippen LogP contribution in [0.4, 0.5) is 10.8 Å². The van der Waals surface area contributed by atoms with Gasteiger partial charge in [-0.05, 0) is 44.2 Å². The van der Waals surface area contributed by atoms with Crippen LogP contribution in [0.3, 0.4) is 0 Å². The van der Waals surface area contributed by atoms with E-state index < -0.39 is 10.0 Å². The number of ether oxygens (including phenoxy) is 1. The Morgan fingerprint density at radius 1 is 1.21 bits per heavy atom. The molecule has 2 aromatic carbocycles. The van der Waals surface area contributed by atoms with Gasteiger partial charge in [0.1, 0.15) is 16.8 Å². The zero-order valence-corrected chi connectivity index (χ0v) is 17.1. The van der Waals surface area contributed by atoms with Crippen molar-refractivity contribution in [2.24, 2.45) is 12.2 Å². The van der Waals surface area contributed by atoms with Gasteiger partial charge in [-0.15, -0.1) is 0 Å². The molecule has 0 aliphatic heterocycles. The summed E-state index contributed by atoms with van der Waals surface area (Å²) in [6, 6.07) is 8.46. The third-order valence-electron chi connectivity index (χ3n) is 4.14. The van der Waals surface area contributed by atoms with E-state index in [1.165, 1.54) is 23.5 Å². The van der Waals surface area contributed by atoms with Crippen LogP contribution in [0.15, 0.2) is 41.6 Å². The minimum Gasteiger partial charge on any atom is -0.489 e. The number of sulfonamides is 1. The molecular formula is C18H19N5O3S2. The Kier molecular flexibility index (Phi) is 4.48. The van der Waals surface area contributed by atoms with Crippen molar-refractivity contribution in [2.45, 2.75) is 24.8 Å². The van der Waals surface area contributed by atoms with E-state index >= 15 is 0 Å². The fraction of sp³-hybridized carbons (Fsp3) is 0.222. The lowest BCUT2D eigenvalue weighted by Gasteiger charge is -2.15.